The van der Waals surface area contributed by atoms with Gasteiger partial charge >= 0.3 is 5.69 Å². The molecule has 0 aliphatic rings. The molecule has 0 aliphatic carbocycles. The number of alkyl halides is 2. The minimum absolute atomic E-state index is 0.0386. The summed E-state index contributed by atoms with van der Waals surface area (Å²) in [4.78, 5) is 29.6. The van der Waals surface area contributed by atoms with Gasteiger partial charge in [0.2, 0.25) is 12.6 Å². The Hall–Kier alpha value is -4.27. The summed E-state index contributed by atoms with van der Waals surface area (Å²) < 4.78 is 34.1. The number of nitrogens with zero attached hydrogens (tertiary/aromatic N) is 4. The van der Waals surface area contributed by atoms with E-state index >= 15 is 8.78 Å². The van der Waals surface area contributed by atoms with Crippen LogP contribution in [0.2, 0.25) is 0 Å². The smallest absolute Gasteiger partial charge is 0.336 e. The van der Waals surface area contributed by atoms with E-state index < -0.39 is 23.8 Å². The van der Waals surface area contributed by atoms with E-state index in [0.717, 1.165) is 4.57 Å². The molecule has 0 fully saturated rings. The molecule has 33 heavy (non-hydrogen) atoms. The third kappa shape index (κ3) is 3.47. The van der Waals surface area contributed by atoms with Crippen molar-refractivity contribution in [3.05, 3.63) is 111 Å². The Balaban J connectivity index is 1.81. The molecule has 1 N–H and O–H groups in total. The van der Waals surface area contributed by atoms with Crippen LogP contribution in [0.15, 0.2) is 88.7 Å². The van der Waals surface area contributed by atoms with Crippen LogP contribution < -0.4 is 11.2 Å². The van der Waals surface area contributed by atoms with Crippen LogP contribution in [0.4, 0.5) is 8.78 Å². The fourth-order valence-electron chi connectivity index (χ4n) is 3.88. The van der Waals surface area contributed by atoms with Gasteiger partial charge in [-0.2, -0.15) is 5.10 Å². The molecule has 9 heteroatoms. The summed E-state index contributed by atoms with van der Waals surface area (Å²) >= 11 is 0. The van der Waals surface area contributed by atoms with Gasteiger partial charge in [0.05, 0.1) is 17.4 Å². The molecule has 0 aliphatic heterocycles. The van der Waals surface area contributed by atoms with Gasteiger partial charge in [-0.15, -0.1) is 0 Å². The normalized spacial score (nSPS) is 13.3. The van der Waals surface area contributed by atoms with Gasteiger partial charge in [-0.05, 0) is 6.07 Å². The Morgan fingerprint density at radius 2 is 1.45 bits per heavy atom. The minimum atomic E-state index is -2.09. The van der Waals surface area contributed by atoms with E-state index in [2.05, 4.69) is 10.1 Å². The maximum absolute atomic E-state index is 15.7. The fourth-order valence-corrected chi connectivity index (χ4v) is 3.88. The standard InChI is InChI=1S/C24H19F2N5O2/c1-29-14-17(13-27-29)18-12-19-20(28-18)23(32)31(22(26)16-10-6-3-7-11-16)24(33)30(19)21(25)15-8-4-2-5-9-15/h2-14,21-22,28H,1H3. The van der Waals surface area contributed by atoms with Gasteiger partial charge in [0.25, 0.3) is 5.56 Å². The fraction of sp³-hybridized carbons (Fsp3) is 0.125. The van der Waals surface area contributed by atoms with Crippen molar-refractivity contribution in [2.75, 3.05) is 0 Å². The lowest BCUT2D eigenvalue weighted by Crippen LogP contribution is -2.42. The van der Waals surface area contributed by atoms with Gasteiger partial charge in [0.15, 0.2) is 0 Å². The molecule has 5 aromatic rings. The number of aryl methyl sites for hydroxylation is 1. The Morgan fingerprint density at radius 3 is 2.00 bits per heavy atom. The molecule has 3 aromatic heterocycles. The second kappa shape index (κ2) is 8.01. The van der Waals surface area contributed by atoms with Gasteiger partial charge in [0, 0.05) is 29.9 Å². The van der Waals surface area contributed by atoms with Crippen LogP contribution in [0.5, 0.6) is 0 Å². The first-order chi connectivity index (χ1) is 16.0. The van der Waals surface area contributed by atoms with E-state index in [1.807, 2.05) is 0 Å². The Bertz CT molecular complexity index is 1550. The molecule has 0 radical (unpaired) electrons. The molecular formula is C24H19F2N5O2. The van der Waals surface area contributed by atoms with Gasteiger partial charge in [-0.3, -0.25) is 14.0 Å². The van der Waals surface area contributed by atoms with Crippen LogP contribution in [0, 0.1) is 0 Å². The van der Waals surface area contributed by atoms with Crippen LogP contribution in [-0.2, 0) is 7.05 Å². The van der Waals surface area contributed by atoms with E-state index in [-0.39, 0.29) is 22.2 Å². The number of hydrogen-bond acceptors (Lipinski definition) is 3. The number of aromatic nitrogens is 5. The zero-order chi connectivity index (χ0) is 23.1. The Kier molecular flexibility index (Phi) is 5.01. The lowest BCUT2D eigenvalue weighted by molar-refractivity contribution is 0.248. The summed E-state index contributed by atoms with van der Waals surface area (Å²) in [5.74, 6) is 0. The van der Waals surface area contributed by atoms with Crippen LogP contribution in [0.1, 0.15) is 23.7 Å². The summed E-state index contributed by atoms with van der Waals surface area (Å²) in [6, 6.07) is 17.4. The SMILES string of the molecule is Cn1cc(-c2cc3c([nH]2)c(=O)n(C(F)c2ccccc2)c(=O)n3C(F)c2ccccc2)cn1. The number of benzene rings is 2. The van der Waals surface area contributed by atoms with Gasteiger partial charge in [-0.1, -0.05) is 60.7 Å². The van der Waals surface area contributed by atoms with Crippen LogP contribution in [0.25, 0.3) is 22.3 Å². The first-order valence-electron chi connectivity index (χ1n) is 10.2. The van der Waals surface area contributed by atoms with Crippen molar-refractivity contribution in [3.63, 3.8) is 0 Å². The van der Waals surface area contributed by atoms with Crippen molar-refractivity contribution < 1.29 is 8.78 Å². The maximum atomic E-state index is 15.7. The Morgan fingerprint density at radius 1 is 0.879 bits per heavy atom. The third-order valence-electron chi connectivity index (χ3n) is 5.52. The van der Waals surface area contributed by atoms with Crippen molar-refractivity contribution in [1.29, 1.82) is 0 Å². The zero-order valence-electron chi connectivity index (χ0n) is 17.5. The predicted molar refractivity (Wildman–Crippen MR) is 120 cm³/mol. The molecule has 0 amide bonds. The molecule has 5 rings (SSSR count). The highest BCUT2D eigenvalue weighted by Gasteiger charge is 2.27. The highest BCUT2D eigenvalue weighted by atomic mass is 19.1. The van der Waals surface area contributed by atoms with Gasteiger partial charge < -0.3 is 4.98 Å². The summed E-state index contributed by atoms with van der Waals surface area (Å²) in [5, 5.41) is 4.10. The number of fused-ring (bicyclic) bond motifs is 1. The summed E-state index contributed by atoms with van der Waals surface area (Å²) in [6.45, 7) is 0. The summed E-state index contributed by atoms with van der Waals surface area (Å²) in [5.41, 5.74) is -0.607. The molecule has 0 bridgehead atoms. The lowest BCUT2D eigenvalue weighted by Gasteiger charge is -2.18. The number of nitrogens with one attached hydrogen (secondary N) is 1. The van der Waals surface area contributed by atoms with Crippen LogP contribution in [0.3, 0.4) is 0 Å². The van der Waals surface area contributed by atoms with Crippen molar-refractivity contribution in [3.8, 4) is 11.3 Å². The first kappa shape index (κ1) is 20.6. The van der Waals surface area contributed by atoms with Crippen LogP contribution >= 0.6 is 0 Å². The third-order valence-corrected chi connectivity index (χ3v) is 5.52. The van der Waals surface area contributed by atoms with Gasteiger partial charge in [0.1, 0.15) is 5.52 Å². The Labute approximate surface area is 186 Å². The molecular weight excluding hydrogens is 428 g/mol. The summed E-state index contributed by atoms with van der Waals surface area (Å²) in [7, 11) is 1.73. The van der Waals surface area contributed by atoms with E-state index in [4.69, 9.17) is 0 Å². The molecule has 0 saturated carbocycles. The molecule has 7 nitrogen and oxygen atoms in total. The summed E-state index contributed by atoms with van der Waals surface area (Å²) in [6.07, 6.45) is -0.751. The molecule has 0 spiro atoms. The number of hydrogen-bond donors (Lipinski definition) is 1. The minimum Gasteiger partial charge on any atom is -0.349 e. The van der Waals surface area contributed by atoms with Crippen molar-refractivity contribution >= 4 is 11.0 Å². The monoisotopic (exact) mass is 447 g/mol. The second-order valence-electron chi connectivity index (χ2n) is 7.67. The highest BCUT2D eigenvalue weighted by Crippen LogP contribution is 2.27. The maximum Gasteiger partial charge on any atom is 0.336 e. The van der Waals surface area contributed by atoms with Crippen molar-refractivity contribution in [1.82, 2.24) is 23.9 Å². The quantitative estimate of drug-likeness (QED) is 0.444. The molecule has 166 valence electrons. The number of H-pyrrole nitrogens is 1. The second-order valence-corrected chi connectivity index (χ2v) is 7.67. The number of halogens is 2. The molecule has 3 heterocycles. The zero-order valence-corrected chi connectivity index (χ0v) is 17.5. The largest absolute Gasteiger partial charge is 0.349 e. The van der Waals surface area contributed by atoms with E-state index in [1.165, 1.54) is 30.3 Å². The highest BCUT2D eigenvalue weighted by molar-refractivity contribution is 5.82. The van der Waals surface area contributed by atoms with Crippen molar-refractivity contribution in [2.45, 2.75) is 12.6 Å². The predicted octanol–water partition coefficient (Wildman–Crippen LogP) is 3.92. The van der Waals surface area contributed by atoms with Gasteiger partial charge in [-0.25, -0.2) is 18.1 Å². The topological polar surface area (TPSA) is 77.6 Å². The average Bonchev–Trinajstić information content (AvgIpc) is 3.47. The molecule has 2 unspecified atom stereocenters. The molecule has 0 saturated heterocycles. The number of rotatable bonds is 5. The van der Waals surface area contributed by atoms with Crippen molar-refractivity contribution in [2.24, 2.45) is 7.05 Å². The first-order valence-corrected chi connectivity index (χ1v) is 10.2. The molecule has 2 atom stereocenters. The molecule has 2 aromatic carbocycles. The lowest BCUT2D eigenvalue weighted by atomic mass is 10.2. The average molecular weight is 447 g/mol. The van der Waals surface area contributed by atoms with E-state index in [9.17, 15) is 9.59 Å². The van der Waals surface area contributed by atoms with Crippen LogP contribution in [-0.4, -0.2) is 23.9 Å². The van der Waals surface area contributed by atoms with E-state index in [0.29, 0.717) is 15.8 Å². The number of aromatic amines is 1. The van der Waals surface area contributed by atoms with E-state index in [1.54, 1.807) is 60.5 Å².